The van der Waals surface area contributed by atoms with Crippen LogP contribution >= 0.6 is 11.3 Å². The van der Waals surface area contributed by atoms with Crippen LogP contribution in [0.5, 0.6) is 0 Å². The van der Waals surface area contributed by atoms with Crippen LogP contribution in [-0.4, -0.2) is 25.9 Å². The van der Waals surface area contributed by atoms with Gasteiger partial charge < -0.3 is 0 Å². The van der Waals surface area contributed by atoms with Gasteiger partial charge in [-0.15, -0.1) is 10.2 Å². The second-order valence-corrected chi connectivity index (χ2v) is 7.41. The Morgan fingerprint density at radius 2 is 1.93 bits per heavy atom. The summed E-state index contributed by atoms with van der Waals surface area (Å²) in [4.78, 5) is 13.0. The van der Waals surface area contributed by atoms with Crippen molar-refractivity contribution in [2.24, 2.45) is 0 Å². The first-order valence-electron chi connectivity index (χ1n) is 9.00. The number of carbonyl (C=O) groups excluding carboxylic acids is 1. The number of para-hydroxylation sites is 1. The van der Waals surface area contributed by atoms with Gasteiger partial charge in [-0.05, 0) is 31.5 Å². The molecule has 140 valence electrons. The summed E-state index contributed by atoms with van der Waals surface area (Å²) < 4.78 is 1.73. The van der Waals surface area contributed by atoms with Crippen LogP contribution in [0.2, 0.25) is 0 Å². The molecule has 7 heteroatoms. The molecule has 28 heavy (non-hydrogen) atoms. The number of aryl methyl sites for hydroxylation is 2. The molecule has 0 saturated heterocycles. The topological polar surface area (TPSA) is 72.7 Å². The van der Waals surface area contributed by atoms with Crippen LogP contribution < -0.4 is 5.32 Å². The summed E-state index contributed by atoms with van der Waals surface area (Å²) in [6.07, 6.45) is 2.54. The molecular formula is C21H19N5OS. The highest BCUT2D eigenvalue weighted by atomic mass is 32.1. The van der Waals surface area contributed by atoms with E-state index < -0.39 is 0 Å². The van der Waals surface area contributed by atoms with Crippen LogP contribution in [0, 0.1) is 6.92 Å². The molecule has 0 radical (unpaired) electrons. The van der Waals surface area contributed by atoms with Crippen molar-refractivity contribution in [3.05, 3.63) is 76.9 Å². The average Bonchev–Trinajstić information content (AvgIpc) is 3.36. The van der Waals surface area contributed by atoms with Gasteiger partial charge in [0, 0.05) is 11.8 Å². The largest absolute Gasteiger partial charge is 0.296 e. The normalized spacial score (nSPS) is 10.8. The summed E-state index contributed by atoms with van der Waals surface area (Å²) in [6, 6.07) is 17.7. The lowest BCUT2D eigenvalue weighted by atomic mass is 10.1. The summed E-state index contributed by atoms with van der Waals surface area (Å²) in [7, 11) is 0. The Labute approximate surface area is 166 Å². The SMILES string of the molecule is CCc1nnc(NC(=O)c2cn(-c3ccccc3)nc2-c2cccc(C)c2)s1. The molecule has 0 aliphatic carbocycles. The molecule has 1 N–H and O–H groups in total. The lowest BCUT2D eigenvalue weighted by Crippen LogP contribution is -2.12. The minimum absolute atomic E-state index is 0.252. The van der Waals surface area contributed by atoms with E-state index in [4.69, 9.17) is 5.10 Å². The lowest BCUT2D eigenvalue weighted by Gasteiger charge is -2.03. The molecule has 0 bridgehead atoms. The maximum Gasteiger partial charge on any atom is 0.261 e. The molecule has 0 fully saturated rings. The molecular weight excluding hydrogens is 370 g/mol. The van der Waals surface area contributed by atoms with E-state index in [-0.39, 0.29) is 5.91 Å². The van der Waals surface area contributed by atoms with Crippen LogP contribution in [0.3, 0.4) is 0 Å². The van der Waals surface area contributed by atoms with Crippen LogP contribution in [0.4, 0.5) is 5.13 Å². The number of aromatic nitrogens is 4. The number of hydrogen-bond donors (Lipinski definition) is 1. The van der Waals surface area contributed by atoms with Crippen LogP contribution in [0.25, 0.3) is 16.9 Å². The number of nitrogens with zero attached hydrogens (tertiary/aromatic N) is 4. The van der Waals surface area contributed by atoms with Gasteiger partial charge in [-0.25, -0.2) is 4.68 Å². The van der Waals surface area contributed by atoms with Crippen molar-refractivity contribution in [3.8, 4) is 16.9 Å². The molecule has 1 amide bonds. The van der Waals surface area contributed by atoms with Crippen molar-refractivity contribution < 1.29 is 4.79 Å². The molecule has 0 unspecified atom stereocenters. The molecule has 2 heterocycles. The zero-order valence-electron chi connectivity index (χ0n) is 15.6. The molecule has 0 atom stereocenters. The zero-order valence-corrected chi connectivity index (χ0v) is 16.4. The highest BCUT2D eigenvalue weighted by molar-refractivity contribution is 7.15. The van der Waals surface area contributed by atoms with E-state index in [0.29, 0.717) is 16.4 Å². The van der Waals surface area contributed by atoms with Crippen molar-refractivity contribution in [2.75, 3.05) is 5.32 Å². The Bertz CT molecular complexity index is 1120. The highest BCUT2D eigenvalue weighted by Gasteiger charge is 2.20. The fraction of sp³-hybridized carbons (Fsp3) is 0.143. The molecule has 0 aliphatic rings. The Morgan fingerprint density at radius 1 is 1.11 bits per heavy atom. The second kappa shape index (κ2) is 7.74. The van der Waals surface area contributed by atoms with Crippen LogP contribution in [-0.2, 0) is 6.42 Å². The van der Waals surface area contributed by atoms with Crippen molar-refractivity contribution in [1.82, 2.24) is 20.0 Å². The van der Waals surface area contributed by atoms with Gasteiger partial charge in [0.1, 0.15) is 10.7 Å². The maximum atomic E-state index is 13.0. The number of carbonyl (C=O) groups is 1. The van der Waals surface area contributed by atoms with Crippen LogP contribution in [0.15, 0.2) is 60.8 Å². The summed E-state index contributed by atoms with van der Waals surface area (Å²) in [5, 5.41) is 17.0. The summed E-state index contributed by atoms with van der Waals surface area (Å²) >= 11 is 1.38. The van der Waals surface area contributed by atoms with E-state index in [2.05, 4.69) is 15.5 Å². The third kappa shape index (κ3) is 3.70. The predicted molar refractivity (Wildman–Crippen MR) is 111 cm³/mol. The fourth-order valence-corrected chi connectivity index (χ4v) is 3.54. The molecule has 0 aliphatic heterocycles. The summed E-state index contributed by atoms with van der Waals surface area (Å²) in [5.41, 5.74) is 4.01. The molecule has 4 aromatic rings. The van der Waals surface area contributed by atoms with Gasteiger partial charge in [0.05, 0.1) is 11.3 Å². The number of anilines is 1. The molecule has 0 spiro atoms. The fourth-order valence-electron chi connectivity index (χ4n) is 2.87. The van der Waals surface area contributed by atoms with Crippen molar-refractivity contribution in [2.45, 2.75) is 20.3 Å². The van der Waals surface area contributed by atoms with Gasteiger partial charge >= 0.3 is 0 Å². The van der Waals surface area contributed by atoms with Crippen molar-refractivity contribution in [3.63, 3.8) is 0 Å². The Kier molecular flexibility index (Phi) is 4.99. The Morgan fingerprint density at radius 3 is 2.64 bits per heavy atom. The van der Waals surface area contributed by atoms with E-state index in [0.717, 1.165) is 28.2 Å². The molecule has 6 nitrogen and oxygen atoms in total. The minimum Gasteiger partial charge on any atom is -0.296 e. The number of benzene rings is 2. The second-order valence-electron chi connectivity index (χ2n) is 6.35. The van der Waals surface area contributed by atoms with E-state index >= 15 is 0 Å². The number of nitrogens with one attached hydrogen (secondary N) is 1. The van der Waals surface area contributed by atoms with Gasteiger partial charge in [0.2, 0.25) is 5.13 Å². The smallest absolute Gasteiger partial charge is 0.261 e. The van der Waals surface area contributed by atoms with Gasteiger partial charge in [0.15, 0.2) is 0 Å². The first kappa shape index (κ1) is 18.1. The predicted octanol–water partition coefficient (Wildman–Crippen LogP) is 4.51. The summed E-state index contributed by atoms with van der Waals surface area (Å²) in [6.45, 7) is 4.02. The Hall–Kier alpha value is -3.32. The zero-order chi connectivity index (χ0) is 19.5. The number of rotatable bonds is 5. The van der Waals surface area contributed by atoms with E-state index in [1.807, 2.05) is 68.4 Å². The third-order valence-corrected chi connectivity index (χ3v) is 5.24. The number of hydrogen-bond acceptors (Lipinski definition) is 5. The first-order chi connectivity index (χ1) is 13.6. The van der Waals surface area contributed by atoms with E-state index in [1.54, 1.807) is 10.9 Å². The molecule has 2 aromatic heterocycles. The number of amides is 1. The van der Waals surface area contributed by atoms with Crippen LogP contribution in [0.1, 0.15) is 27.9 Å². The summed E-state index contributed by atoms with van der Waals surface area (Å²) in [5.74, 6) is -0.252. The first-order valence-corrected chi connectivity index (χ1v) is 9.81. The molecule has 0 saturated carbocycles. The monoisotopic (exact) mass is 389 g/mol. The van der Waals surface area contributed by atoms with Gasteiger partial charge in [-0.3, -0.25) is 10.1 Å². The van der Waals surface area contributed by atoms with Gasteiger partial charge in [-0.1, -0.05) is 60.2 Å². The van der Waals surface area contributed by atoms with Crippen molar-refractivity contribution >= 4 is 22.4 Å². The minimum atomic E-state index is -0.252. The molecule has 2 aromatic carbocycles. The quantitative estimate of drug-likeness (QED) is 0.545. The van der Waals surface area contributed by atoms with Gasteiger partial charge in [0.25, 0.3) is 5.91 Å². The van der Waals surface area contributed by atoms with Crippen molar-refractivity contribution in [1.29, 1.82) is 0 Å². The average molecular weight is 389 g/mol. The highest BCUT2D eigenvalue weighted by Crippen LogP contribution is 2.26. The van der Waals surface area contributed by atoms with E-state index in [9.17, 15) is 4.79 Å². The standard InChI is InChI=1S/C21H19N5OS/c1-3-18-23-24-21(28-18)22-20(27)17-13-26(16-10-5-4-6-11-16)25-19(17)15-9-7-8-14(2)12-15/h4-13H,3H2,1-2H3,(H,22,24,27). The lowest BCUT2D eigenvalue weighted by molar-refractivity contribution is 0.102. The Balaban J connectivity index is 1.75. The molecule has 4 rings (SSSR count). The van der Waals surface area contributed by atoms with Gasteiger partial charge in [-0.2, -0.15) is 5.10 Å². The third-order valence-electron chi connectivity index (χ3n) is 4.26. The van der Waals surface area contributed by atoms with E-state index in [1.165, 1.54) is 11.3 Å². The maximum absolute atomic E-state index is 13.0.